The van der Waals surface area contributed by atoms with Gasteiger partial charge >= 0.3 is 0 Å². The molecule has 18 heavy (non-hydrogen) atoms. The highest BCUT2D eigenvalue weighted by molar-refractivity contribution is 5.24. The lowest BCUT2D eigenvalue weighted by molar-refractivity contribution is -0.0120. The second-order valence-electron chi connectivity index (χ2n) is 7.03. The molecule has 2 nitrogen and oxygen atoms in total. The largest absolute Gasteiger partial charge is 0.301 e. The number of nitrogens with zero attached hydrogens (tertiary/aromatic N) is 2. The summed E-state index contributed by atoms with van der Waals surface area (Å²) in [6, 6.07) is 0. The van der Waals surface area contributed by atoms with Crippen molar-refractivity contribution in [3.63, 3.8) is 0 Å². The fourth-order valence-corrected chi connectivity index (χ4v) is 4.18. The summed E-state index contributed by atoms with van der Waals surface area (Å²) in [5.74, 6) is 1.86. The molecule has 2 bridgehead atoms. The summed E-state index contributed by atoms with van der Waals surface area (Å²) >= 11 is 0. The molecule has 1 saturated carbocycles. The minimum absolute atomic E-state index is 0.593. The van der Waals surface area contributed by atoms with Crippen molar-refractivity contribution in [1.29, 1.82) is 0 Å². The summed E-state index contributed by atoms with van der Waals surface area (Å²) in [4.78, 5) is 5.24. The third kappa shape index (κ3) is 2.04. The van der Waals surface area contributed by atoms with E-state index in [-0.39, 0.29) is 0 Å². The van der Waals surface area contributed by atoms with Crippen molar-refractivity contribution in [2.45, 2.75) is 33.6 Å². The topological polar surface area (TPSA) is 6.48 Å². The molecule has 0 aromatic rings. The standard InChI is InChI=1S/C16H28N2/c1-4-17-7-9-18(10-8-17)12-13-5-6-14-11-15(13)16(14,2)3/h5,14-15H,4,6-12H2,1-3H3. The van der Waals surface area contributed by atoms with E-state index in [0.29, 0.717) is 5.41 Å². The zero-order valence-corrected chi connectivity index (χ0v) is 12.3. The number of piperazine rings is 1. The first-order valence-corrected chi connectivity index (χ1v) is 7.75. The fraction of sp³-hybridized carbons (Fsp3) is 0.875. The van der Waals surface area contributed by atoms with Gasteiger partial charge in [-0.1, -0.05) is 32.4 Å². The van der Waals surface area contributed by atoms with Crippen LogP contribution in [0.1, 0.15) is 33.6 Å². The first-order valence-electron chi connectivity index (χ1n) is 7.75. The highest BCUT2D eigenvalue weighted by Gasteiger charge is 2.51. The van der Waals surface area contributed by atoms with Gasteiger partial charge in [0.2, 0.25) is 0 Å². The van der Waals surface area contributed by atoms with Gasteiger partial charge in [0.05, 0.1) is 0 Å². The van der Waals surface area contributed by atoms with Crippen LogP contribution in [0.2, 0.25) is 0 Å². The molecule has 0 spiro atoms. The fourth-order valence-electron chi connectivity index (χ4n) is 4.18. The molecule has 0 aromatic heterocycles. The van der Waals surface area contributed by atoms with E-state index >= 15 is 0 Å². The average Bonchev–Trinajstić information content (AvgIpc) is 2.39. The van der Waals surface area contributed by atoms with E-state index in [2.05, 4.69) is 36.6 Å². The van der Waals surface area contributed by atoms with E-state index < -0.39 is 0 Å². The molecule has 0 aromatic carbocycles. The molecular weight excluding hydrogens is 220 g/mol. The molecule has 0 radical (unpaired) electrons. The molecule has 1 aliphatic heterocycles. The molecule has 2 unspecified atom stereocenters. The van der Waals surface area contributed by atoms with Gasteiger partial charge in [-0.15, -0.1) is 0 Å². The smallest absolute Gasteiger partial charge is 0.0196 e. The lowest BCUT2D eigenvalue weighted by atomic mass is 9.49. The Morgan fingerprint density at radius 1 is 1.17 bits per heavy atom. The van der Waals surface area contributed by atoms with Crippen LogP contribution in [-0.2, 0) is 0 Å². The number of fused-ring (bicyclic) bond motifs is 1. The van der Waals surface area contributed by atoms with E-state index in [0.717, 1.165) is 11.8 Å². The zero-order chi connectivity index (χ0) is 12.8. The third-order valence-corrected chi connectivity index (χ3v) is 5.90. The minimum atomic E-state index is 0.593. The van der Waals surface area contributed by atoms with Crippen molar-refractivity contribution in [3.05, 3.63) is 11.6 Å². The molecular formula is C16H28N2. The summed E-state index contributed by atoms with van der Waals surface area (Å²) in [5.41, 5.74) is 2.35. The van der Waals surface area contributed by atoms with Crippen LogP contribution >= 0.6 is 0 Å². The monoisotopic (exact) mass is 248 g/mol. The summed E-state index contributed by atoms with van der Waals surface area (Å²) < 4.78 is 0. The van der Waals surface area contributed by atoms with Crippen LogP contribution in [0.4, 0.5) is 0 Å². The van der Waals surface area contributed by atoms with Crippen LogP contribution in [-0.4, -0.2) is 49.1 Å². The normalized spacial score (nSPS) is 36.1. The molecule has 0 N–H and O–H groups in total. The van der Waals surface area contributed by atoms with Gasteiger partial charge in [0.1, 0.15) is 0 Å². The van der Waals surface area contributed by atoms with Gasteiger partial charge < -0.3 is 4.90 Å². The van der Waals surface area contributed by atoms with Gasteiger partial charge in [-0.05, 0) is 36.6 Å². The summed E-state index contributed by atoms with van der Waals surface area (Å²) in [6.45, 7) is 14.8. The van der Waals surface area contributed by atoms with E-state index in [1.807, 2.05) is 0 Å². The molecule has 1 heterocycles. The minimum Gasteiger partial charge on any atom is -0.301 e. The van der Waals surface area contributed by atoms with Crippen LogP contribution in [0.3, 0.4) is 0 Å². The average molecular weight is 248 g/mol. The lowest BCUT2D eigenvalue weighted by Crippen LogP contribution is -2.52. The lowest BCUT2D eigenvalue weighted by Gasteiger charge is -2.57. The Hall–Kier alpha value is -0.340. The molecule has 2 heteroatoms. The Labute approximate surface area is 112 Å². The third-order valence-electron chi connectivity index (χ3n) is 5.90. The second kappa shape index (κ2) is 4.64. The summed E-state index contributed by atoms with van der Waals surface area (Å²) in [6.07, 6.45) is 5.37. The number of hydrogen-bond donors (Lipinski definition) is 0. The maximum Gasteiger partial charge on any atom is 0.0196 e. The van der Waals surface area contributed by atoms with E-state index in [9.17, 15) is 0 Å². The van der Waals surface area contributed by atoms with Crippen molar-refractivity contribution in [1.82, 2.24) is 9.80 Å². The maximum absolute atomic E-state index is 2.67. The van der Waals surface area contributed by atoms with Crippen molar-refractivity contribution in [2.75, 3.05) is 39.3 Å². The highest BCUT2D eigenvalue weighted by atomic mass is 15.3. The Kier molecular flexibility index (Phi) is 3.27. The summed E-state index contributed by atoms with van der Waals surface area (Å²) in [7, 11) is 0. The quantitative estimate of drug-likeness (QED) is 0.708. The van der Waals surface area contributed by atoms with Crippen molar-refractivity contribution >= 4 is 0 Å². The Morgan fingerprint density at radius 3 is 2.39 bits per heavy atom. The zero-order valence-electron chi connectivity index (χ0n) is 12.3. The van der Waals surface area contributed by atoms with Gasteiger partial charge in [0, 0.05) is 32.7 Å². The van der Waals surface area contributed by atoms with Gasteiger partial charge in [0.15, 0.2) is 0 Å². The Bertz CT molecular complexity index is 337. The van der Waals surface area contributed by atoms with Crippen LogP contribution < -0.4 is 0 Å². The molecule has 4 rings (SSSR count). The van der Waals surface area contributed by atoms with Gasteiger partial charge in [-0.3, -0.25) is 4.90 Å². The van der Waals surface area contributed by atoms with Crippen molar-refractivity contribution in [2.24, 2.45) is 17.3 Å². The maximum atomic E-state index is 2.67. The highest BCUT2D eigenvalue weighted by Crippen LogP contribution is 2.59. The van der Waals surface area contributed by atoms with Crippen molar-refractivity contribution < 1.29 is 0 Å². The summed E-state index contributed by atoms with van der Waals surface area (Å²) in [5, 5.41) is 0. The molecule has 1 saturated heterocycles. The molecule has 4 aliphatic rings. The number of allylic oxidation sites excluding steroid dienone is 1. The SMILES string of the molecule is CCN1CCN(CC2=CCC3CC2C3(C)C)CC1. The molecule has 3 aliphatic carbocycles. The van der Waals surface area contributed by atoms with Crippen molar-refractivity contribution in [3.8, 4) is 0 Å². The first kappa shape index (κ1) is 12.7. The first-order chi connectivity index (χ1) is 8.61. The molecule has 102 valence electrons. The number of likely N-dealkylation sites (N-methyl/N-ethyl adjacent to an activating group) is 1. The van der Waals surface area contributed by atoms with E-state index in [1.165, 1.54) is 52.1 Å². The van der Waals surface area contributed by atoms with E-state index in [1.54, 1.807) is 5.57 Å². The number of hydrogen-bond acceptors (Lipinski definition) is 2. The second-order valence-corrected chi connectivity index (χ2v) is 7.03. The van der Waals surface area contributed by atoms with Crippen LogP contribution in [0, 0.1) is 17.3 Å². The number of rotatable bonds is 3. The molecule has 2 fully saturated rings. The van der Waals surface area contributed by atoms with Gasteiger partial charge in [-0.25, -0.2) is 0 Å². The van der Waals surface area contributed by atoms with Gasteiger partial charge in [0.25, 0.3) is 0 Å². The molecule has 0 amide bonds. The molecule has 2 atom stereocenters. The van der Waals surface area contributed by atoms with Crippen LogP contribution in [0.5, 0.6) is 0 Å². The Morgan fingerprint density at radius 2 is 1.83 bits per heavy atom. The van der Waals surface area contributed by atoms with Crippen LogP contribution in [0.25, 0.3) is 0 Å². The van der Waals surface area contributed by atoms with E-state index in [4.69, 9.17) is 0 Å². The van der Waals surface area contributed by atoms with Gasteiger partial charge in [-0.2, -0.15) is 0 Å². The predicted octanol–water partition coefficient (Wildman–Crippen LogP) is 2.62. The Balaban J connectivity index is 1.56. The predicted molar refractivity (Wildman–Crippen MR) is 76.6 cm³/mol. The van der Waals surface area contributed by atoms with Crippen LogP contribution in [0.15, 0.2) is 11.6 Å².